The third kappa shape index (κ3) is 1.64. The van der Waals surface area contributed by atoms with Crippen molar-refractivity contribution < 1.29 is 9.90 Å². The van der Waals surface area contributed by atoms with Gasteiger partial charge in [0.1, 0.15) is 5.75 Å². The molecular weight excluding hydrogens is 152 g/mol. The molecule has 2 nitrogen and oxygen atoms in total. The summed E-state index contributed by atoms with van der Waals surface area (Å²) >= 11 is 0. The fraction of sp³-hybridized carbons (Fsp3) is 0.300. The number of hydrogen-bond donors (Lipinski definition) is 1. The first kappa shape index (κ1) is 8.78. The van der Waals surface area contributed by atoms with Crippen LogP contribution in [0.1, 0.15) is 29.3 Å². The summed E-state index contributed by atoms with van der Waals surface area (Å²) in [5, 5.41) is 9.29. The Bertz CT molecular complexity index is 279. The molecule has 0 saturated carbocycles. The second-order valence-electron chi connectivity index (χ2n) is 2.72. The fourth-order valence-electron chi connectivity index (χ4n) is 1.22. The molecule has 0 bridgehead atoms. The van der Waals surface area contributed by atoms with Crippen LogP contribution in [-0.2, 0) is 6.42 Å². The van der Waals surface area contributed by atoms with E-state index in [-0.39, 0.29) is 5.75 Å². The summed E-state index contributed by atoms with van der Waals surface area (Å²) in [7, 11) is 0. The highest BCUT2D eigenvalue weighted by molar-refractivity contribution is 5.81. The molecule has 0 amide bonds. The van der Waals surface area contributed by atoms with Crippen LogP contribution in [0.4, 0.5) is 0 Å². The van der Waals surface area contributed by atoms with Crippen LogP contribution in [0.3, 0.4) is 0 Å². The van der Waals surface area contributed by atoms with Crippen LogP contribution in [0.5, 0.6) is 5.75 Å². The van der Waals surface area contributed by atoms with Gasteiger partial charge in [0.25, 0.3) is 0 Å². The zero-order valence-corrected chi connectivity index (χ0v) is 7.08. The molecule has 0 saturated heterocycles. The van der Waals surface area contributed by atoms with E-state index in [1.807, 2.05) is 13.0 Å². The van der Waals surface area contributed by atoms with Crippen LogP contribution in [0.15, 0.2) is 18.2 Å². The number of aromatic hydroxyl groups is 1. The molecule has 1 rings (SSSR count). The van der Waals surface area contributed by atoms with E-state index < -0.39 is 0 Å². The molecule has 0 radical (unpaired) electrons. The maximum Gasteiger partial charge on any atom is 0.154 e. The molecule has 0 unspecified atom stereocenters. The first-order valence-corrected chi connectivity index (χ1v) is 4.05. The summed E-state index contributed by atoms with van der Waals surface area (Å²) in [6.45, 7) is 2.04. The van der Waals surface area contributed by atoms with E-state index in [4.69, 9.17) is 0 Å². The minimum absolute atomic E-state index is 0.0796. The van der Waals surface area contributed by atoms with E-state index in [9.17, 15) is 9.90 Å². The highest BCUT2D eigenvalue weighted by atomic mass is 16.3. The predicted molar refractivity (Wildman–Crippen MR) is 47.5 cm³/mol. The lowest BCUT2D eigenvalue weighted by Crippen LogP contribution is -1.91. The minimum Gasteiger partial charge on any atom is -0.507 e. The number of aryl methyl sites for hydroxylation is 1. The second-order valence-corrected chi connectivity index (χ2v) is 2.72. The molecule has 0 spiro atoms. The molecule has 0 fully saturated rings. The Morgan fingerprint density at radius 2 is 2.25 bits per heavy atom. The number of phenolic OH excluding ortho intramolecular Hbond substituents is 1. The lowest BCUT2D eigenvalue weighted by atomic mass is 10.0. The maximum atomic E-state index is 10.6. The third-order valence-corrected chi connectivity index (χ3v) is 1.81. The number of benzene rings is 1. The zero-order chi connectivity index (χ0) is 8.97. The fourth-order valence-corrected chi connectivity index (χ4v) is 1.22. The molecule has 0 aliphatic rings. The Morgan fingerprint density at radius 1 is 1.50 bits per heavy atom. The van der Waals surface area contributed by atoms with Crippen LogP contribution in [-0.4, -0.2) is 11.4 Å². The van der Waals surface area contributed by atoms with E-state index in [1.165, 1.54) is 6.07 Å². The lowest BCUT2D eigenvalue weighted by molar-refractivity contribution is 0.112. The summed E-state index contributed by atoms with van der Waals surface area (Å²) < 4.78 is 0. The Kier molecular flexibility index (Phi) is 2.86. The van der Waals surface area contributed by atoms with Gasteiger partial charge in [0.2, 0.25) is 0 Å². The highest BCUT2D eigenvalue weighted by Crippen LogP contribution is 2.19. The number of rotatable bonds is 3. The number of phenols is 1. The van der Waals surface area contributed by atoms with Gasteiger partial charge in [-0.25, -0.2) is 0 Å². The monoisotopic (exact) mass is 164 g/mol. The van der Waals surface area contributed by atoms with Gasteiger partial charge in [-0.1, -0.05) is 25.5 Å². The van der Waals surface area contributed by atoms with Crippen molar-refractivity contribution in [2.45, 2.75) is 19.8 Å². The van der Waals surface area contributed by atoms with Gasteiger partial charge in [0, 0.05) is 0 Å². The van der Waals surface area contributed by atoms with Crippen molar-refractivity contribution in [1.82, 2.24) is 0 Å². The molecular formula is C10H12O2. The Hall–Kier alpha value is -1.31. The number of carbonyl (C=O) groups is 1. The van der Waals surface area contributed by atoms with Gasteiger partial charge in [-0.2, -0.15) is 0 Å². The standard InChI is InChI=1S/C10H12O2/c1-2-4-8-5-3-6-10(12)9(8)7-11/h3,5-7,12H,2,4H2,1H3. The predicted octanol–water partition coefficient (Wildman–Crippen LogP) is 2.16. The van der Waals surface area contributed by atoms with Crippen LogP contribution in [0.2, 0.25) is 0 Å². The summed E-state index contributed by atoms with van der Waals surface area (Å²) in [6.07, 6.45) is 2.52. The third-order valence-electron chi connectivity index (χ3n) is 1.81. The zero-order valence-electron chi connectivity index (χ0n) is 7.08. The average molecular weight is 164 g/mol. The van der Waals surface area contributed by atoms with Crippen molar-refractivity contribution in [2.75, 3.05) is 0 Å². The molecule has 1 N–H and O–H groups in total. The van der Waals surface area contributed by atoms with E-state index in [2.05, 4.69) is 0 Å². The minimum atomic E-state index is 0.0796. The quantitative estimate of drug-likeness (QED) is 0.695. The van der Waals surface area contributed by atoms with E-state index in [1.54, 1.807) is 6.07 Å². The molecule has 0 aromatic heterocycles. The van der Waals surface area contributed by atoms with Gasteiger partial charge in [0.05, 0.1) is 5.56 Å². The number of aldehydes is 1. The van der Waals surface area contributed by atoms with Gasteiger partial charge in [-0.05, 0) is 18.1 Å². The van der Waals surface area contributed by atoms with Gasteiger partial charge < -0.3 is 5.11 Å². The number of hydrogen-bond acceptors (Lipinski definition) is 2. The van der Waals surface area contributed by atoms with Crippen LogP contribution in [0.25, 0.3) is 0 Å². The Balaban J connectivity index is 3.09. The van der Waals surface area contributed by atoms with Crippen molar-refractivity contribution in [3.8, 4) is 5.75 Å². The Labute approximate surface area is 71.8 Å². The van der Waals surface area contributed by atoms with Crippen LogP contribution >= 0.6 is 0 Å². The summed E-state index contributed by atoms with van der Waals surface area (Å²) in [4.78, 5) is 10.6. The molecule has 64 valence electrons. The van der Waals surface area contributed by atoms with Crippen molar-refractivity contribution in [2.24, 2.45) is 0 Å². The molecule has 1 aromatic carbocycles. The molecule has 0 aliphatic heterocycles. The topological polar surface area (TPSA) is 37.3 Å². The SMILES string of the molecule is CCCc1cccc(O)c1C=O. The maximum absolute atomic E-state index is 10.6. The lowest BCUT2D eigenvalue weighted by Gasteiger charge is -2.03. The first-order chi connectivity index (χ1) is 5.79. The van der Waals surface area contributed by atoms with Crippen LogP contribution in [0, 0.1) is 0 Å². The van der Waals surface area contributed by atoms with Crippen molar-refractivity contribution in [3.05, 3.63) is 29.3 Å². The van der Waals surface area contributed by atoms with E-state index >= 15 is 0 Å². The largest absolute Gasteiger partial charge is 0.507 e. The smallest absolute Gasteiger partial charge is 0.154 e. The molecule has 0 atom stereocenters. The first-order valence-electron chi connectivity index (χ1n) is 4.05. The summed E-state index contributed by atoms with van der Waals surface area (Å²) in [5.74, 6) is 0.0796. The number of carbonyl (C=O) groups excluding carboxylic acids is 1. The summed E-state index contributed by atoms with van der Waals surface area (Å²) in [5.41, 5.74) is 1.35. The molecule has 2 heteroatoms. The van der Waals surface area contributed by atoms with Crippen molar-refractivity contribution in [3.63, 3.8) is 0 Å². The molecule has 0 heterocycles. The van der Waals surface area contributed by atoms with Crippen LogP contribution < -0.4 is 0 Å². The average Bonchev–Trinajstić information content (AvgIpc) is 2.05. The molecule has 1 aromatic rings. The van der Waals surface area contributed by atoms with Crippen molar-refractivity contribution in [1.29, 1.82) is 0 Å². The normalized spacial score (nSPS) is 9.75. The summed E-state index contributed by atoms with van der Waals surface area (Å²) in [6, 6.07) is 5.16. The van der Waals surface area contributed by atoms with E-state index in [0.29, 0.717) is 11.8 Å². The van der Waals surface area contributed by atoms with Gasteiger partial charge in [0.15, 0.2) is 6.29 Å². The Morgan fingerprint density at radius 3 is 2.83 bits per heavy atom. The van der Waals surface area contributed by atoms with E-state index in [0.717, 1.165) is 18.4 Å². The molecule has 12 heavy (non-hydrogen) atoms. The highest BCUT2D eigenvalue weighted by Gasteiger charge is 2.04. The second kappa shape index (κ2) is 3.90. The molecule has 0 aliphatic carbocycles. The van der Waals surface area contributed by atoms with Gasteiger partial charge in [-0.15, -0.1) is 0 Å². The van der Waals surface area contributed by atoms with Gasteiger partial charge >= 0.3 is 0 Å². The van der Waals surface area contributed by atoms with Crippen molar-refractivity contribution >= 4 is 6.29 Å². The van der Waals surface area contributed by atoms with Gasteiger partial charge in [-0.3, -0.25) is 4.79 Å².